The lowest BCUT2D eigenvalue weighted by Crippen LogP contribution is -2.17. The fraction of sp³-hybridized carbons (Fsp3) is 0.0769. The van der Waals surface area contributed by atoms with Crippen LogP contribution in [0.25, 0.3) is 11.2 Å². The number of H-pyrrole nitrogens is 1. The van der Waals surface area contributed by atoms with Gasteiger partial charge >= 0.3 is 5.69 Å². The molecule has 0 aliphatic heterocycles. The van der Waals surface area contributed by atoms with Gasteiger partial charge in [0, 0.05) is 0 Å². The van der Waals surface area contributed by atoms with Crippen LogP contribution >= 0.6 is 11.6 Å². The molecule has 0 aliphatic rings. The highest BCUT2D eigenvalue weighted by atomic mass is 35.5. The molecular formula is C13H8ClN5O. The Bertz CT molecular complexity index is 872. The first-order valence-electron chi connectivity index (χ1n) is 5.77. The minimum absolute atomic E-state index is 0.0880. The van der Waals surface area contributed by atoms with E-state index in [0.717, 1.165) is 5.56 Å². The van der Waals surface area contributed by atoms with Crippen LogP contribution in [0.2, 0.25) is 5.28 Å². The van der Waals surface area contributed by atoms with Crippen molar-refractivity contribution in [2.24, 2.45) is 0 Å². The first-order valence-corrected chi connectivity index (χ1v) is 6.15. The average molecular weight is 286 g/mol. The summed E-state index contributed by atoms with van der Waals surface area (Å²) in [5, 5.41) is 8.85. The van der Waals surface area contributed by atoms with E-state index in [-0.39, 0.29) is 11.0 Å². The standard InChI is InChI=1S/C13H8ClN5O/c14-12-16-6-10-11(18-12)19(13(20)17-10)7-9-3-1-8(5-15)2-4-9/h1-4,6H,7H2,(H,17,20). The molecule has 0 unspecified atom stereocenters. The van der Waals surface area contributed by atoms with Crippen molar-refractivity contribution in [1.29, 1.82) is 5.26 Å². The van der Waals surface area contributed by atoms with Gasteiger partial charge in [-0.1, -0.05) is 12.1 Å². The van der Waals surface area contributed by atoms with E-state index in [1.54, 1.807) is 24.3 Å². The molecule has 2 aromatic heterocycles. The Hall–Kier alpha value is -2.65. The summed E-state index contributed by atoms with van der Waals surface area (Å²) in [6.45, 7) is 0.345. The zero-order valence-electron chi connectivity index (χ0n) is 10.2. The summed E-state index contributed by atoms with van der Waals surface area (Å²) < 4.78 is 1.48. The summed E-state index contributed by atoms with van der Waals surface area (Å²) in [7, 11) is 0. The maximum atomic E-state index is 11.9. The van der Waals surface area contributed by atoms with Crippen molar-refractivity contribution >= 4 is 22.8 Å². The summed E-state index contributed by atoms with van der Waals surface area (Å²) in [5.74, 6) is 0. The monoisotopic (exact) mass is 285 g/mol. The van der Waals surface area contributed by atoms with Crippen molar-refractivity contribution in [3.63, 3.8) is 0 Å². The number of imidazole rings is 1. The van der Waals surface area contributed by atoms with E-state index >= 15 is 0 Å². The molecule has 6 nitrogen and oxygen atoms in total. The fourth-order valence-electron chi connectivity index (χ4n) is 1.94. The van der Waals surface area contributed by atoms with Crippen LogP contribution in [0.3, 0.4) is 0 Å². The average Bonchev–Trinajstić information content (AvgIpc) is 2.76. The van der Waals surface area contributed by atoms with Crippen LogP contribution in [-0.2, 0) is 6.54 Å². The maximum Gasteiger partial charge on any atom is 0.328 e. The Morgan fingerprint density at radius 1 is 1.35 bits per heavy atom. The second kappa shape index (κ2) is 4.79. The lowest BCUT2D eigenvalue weighted by molar-refractivity contribution is 0.777. The topological polar surface area (TPSA) is 87.4 Å². The molecule has 0 saturated carbocycles. The highest BCUT2D eigenvalue weighted by Crippen LogP contribution is 2.11. The molecule has 0 saturated heterocycles. The van der Waals surface area contributed by atoms with Gasteiger partial charge in [-0.3, -0.25) is 4.57 Å². The molecule has 7 heteroatoms. The van der Waals surface area contributed by atoms with Crippen molar-refractivity contribution in [3.8, 4) is 6.07 Å². The summed E-state index contributed by atoms with van der Waals surface area (Å²) >= 11 is 5.75. The summed E-state index contributed by atoms with van der Waals surface area (Å²) in [4.78, 5) is 22.5. The molecule has 0 radical (unpaired) electrons. The van der Waals surface area contributed by atoms with Gasteiger partial charge < -0.3 is 4.98 Å². The molecule has 20 heavy (non-hydrogen) atoms. The molecule has 0 spiro atoms. The van der Waals surface area contributed by atoms with Crippen LogP contribution < -0.4 is 5.69 Å². The van der Waals surface area contributed by atoms with Crippen LogP contribution in [0.4, 0.5) is 0 Å². The van der Waals surface area contributed by atoms with Crippen LogP contribution in [-0.4, -0.2) is 19.5 Å². The number of nitrogens with zero attached hydrogens (tertiary/aromatic N) is 4. The van der Waals surface area contributed by atoms with Gasteiger partial charge in [-0.25, -0.2) is 9.78 Å². The predicted molar refractivity (Wildman–Crippen MR) is 73.4 cm³/mol. The first-order chi connectivity index (χ1) is 9.67. The third-order valence-electron chi connectivity index (χ3n) is 2.91. The van der Waals surface area contributed by atoms with Gasteiger partial charge in [-0.2, -0.15) is 10.2 Å². The fourth-order valence-corrected chi connectivity index (χ4v) is 2.07. The molecule has 2 heterocycles. The number of hydrogen-bond donors (Lipinski definition) is 1. The van der Waals surface area contributed by atoms with Gasteiger partial charge in [0.05, 0.1) is 24.4 Å². The van der Waals surface area contributed by atoms with Crippen molar-refractivity contribution in [2.45, 2.75) is 6.54 Å². The quantitative estimate of drug-likeness (QED) is 0.726. The zero-order chi connectivity index (χ0) is 14.1. The molecule has 1 aromatic carbocycles. The number of benzene rings is 1. The van der Waals surface area contributed by atoms with Crippen LogP contribution in [0.5, 0.6) is 0 Å². The smallest absolute Gasteiger partial charge is 0.303 e. The number of hydrogen-bond acceptors (Lipinski definition) is 4. The van der Waals surface area contributed by atoms with Gasteiger partial charge in [0.1, 0.15) is 5.52 Å². The molecule has 0 atom stereocenters. The maximum absolute atomic E-state index is 11.9. The molecule has 98 valence electrons. The SMILES string of the molecule is N#Cc1ccc(Cn2c(=O)[nH]c3cnc(Cl)nc32)cc1. The first kappa shape index (κ1) is 12.4. The van der Waals surface area contributed by atoms with E-state index in [9.17, 15) is 4.79 Å². The van der Waals surface area contributed by atoms with Gasteiger partial charge in [-0.05, 0) is 29.3 Å². The Labute approximate surface area is 118 Å². The Balaban J connectivity index is 2.05. The number of fused-ring (bicyclic) bond motifs is 1. The molecule has 0 amide bonds. The lowest BCUT2D eigenvalue weighted by atomic mass is 10.1. The minimum atomic E-state index is -0.277. The van der Waals surface area contributed by atoms with Crippen LogP contribution in [0.1, 0.15) is 11.1 Å². The van der Waals surface area contributed by atoms with Crippen molar-refractivity contribution in [2.75, 3.05) is 0 Å². The van der Waals surface area contributed by atoms with Gasteiger partial charge in [-0.15, -0.1) is 0 Å². The van der Waals surface area contributed by atoms with E-state index in [4.69, 9.17) is 16.9 Å². The highest BCUT2D eigenvalue weighted by molar-refractivity contribution is 6.28. The van der Waals surface area contributed by atoms with Crippen molar-refractivity contribution in [1.82, 2.24) is 19.5 Å². The van der Waals surface area contributed by atoms with E-state index in [1.165, 1.54) is 10.8 Å². The summed E-state index contributed by atoms with van der Waals surface area (Å²) in [6.07, 6.45) is 1.47. The number of rotatable bonds is 2. The Morgan fingerprint density at radius 3 is 2.80 bits per heavy atom. The van der Waals surface area contributed by atoms with E-state index < -0.39 is 0 Å². The molecule has 3 rings (SSSR count). The van der Waals surface area contributed by atoms with Crippen LogP contribution in [0.15, 0.2) is 35.3 Å². The Kier molecular flexibility index (Phi) is 2.97. The molecule has 0 aliphatic carbocycles. The lowest BCUT2D eigenvalue weighted by Gasteiger charge is -2.03. The molecular weight excluding hydrogens is 278 g/mol. The van der Waals surface area contributed by atoms with E-state index in [1.807, 2.05) is 6.07 Å². The summed E-state index contributed by atoms with van der Waals surface area (Å²) in [5.41, 5.74) is 2.18. The van der Waals surface area contributed by atoms with Gasteiger partial charge in [0.2, 0.25) is 5.28 Å². The van der Waals surface area contributed by atoms with Gasteiger partial charge in [0.25, 0.3) is 0 Å². The third kappa shape index (κ3) is 2.15. The number of nitriles is 1. The van der Waals surface area contributed by atoms with Gasteiger partial charge in [0.15, 0.2) is 5.65 Å². The van der Waals surface area contributed by atoms with E-state index in [0.29, 0.717) is 23.3 Å². The number of aromatic amines is 1. The normalized spacial score (nSPS) is 10.6. The second-order valence-electron chi connectivity index (χ2n) is 4.20. The zero-order valence-corrected chi connectivity index (χ0v) is 10.9. The number of halogens is 1. The molecule has 0 bridgehead atoms. The number of aromatic nitrogens is 4. The van der Waals surface area contributed by atoms with Crippen molar-refractivity contribution < 1.29 is 0 Å². The Morgan fingerprint density at radius 2 is 2.10 bits per heavy atom. The summed E-state index contributed by atoms with van der Waals surface area (Å²) in [6, 6.07) is 9.06. The second-order valence-corrected chi connectivity index (χ2v) is 4.54. The molecule has 1 N–H and O–H groups in total. The predicted octanol–water partition coefficient (Wildman–Crippen LogP) is 1.69. The number of nitrogens with one attached hydrogen (secondary N) is 1. The van der Waals surface area contributed by atoms with Crippen molar-refractivity contribution in [3.05, 3.63) is 57.4 Å². The molecule has 3 aromatic rings. The highest BCUT2D eigenvalue weighted by Gasteiger charge is 2.09. The third-order valence-corrected chi connectivity index (χ3v) is 3.09. The largest absolute Gasteiger partial charge is 0.328 e. The van der Waals surface area contributed by atoms with E-state index in [2.05, 4.69) is 15.0 Å². The van der Waals surface area contributed by atoms with Crippen LogP contribution in [0, 0.1) is 11.3 Å². The minimum Gasteiger partial charge on any atom is -0.303 e. The molecule has 0 fully saturated rings.